The minimum atomic E-state index is -0.931. The lowest BCUT2D eigenvalue weighted by molar-refractivity contribution is -0.120. The highest BCUT2D eigenvalue weighted by Crippen LogP contribution is 2.24. The van der Waals surface area contributed by atoms with E-state index in [1.807, 2.05) is 83.9 Å². The van der Waals surface area contributed by atoms with E-state index in [0.29, 0.717) is 29.8 Å². The molecule has 0 fully saturated rings. The van der Waals surface area contributed by atoms with Gasteiger partial charge in [0.1, 0.15) is 10.0 Å². The van der Waals surface area contributed by atoms with Crippen molar-refractivity contribution in [3.8, 4) is 22.5 Å². The molecule has 0 aliphatic heterocycles. The van der Waals surface area contributed by atoms with Crippen LogP contribution in [0.5, 0.6) is 0 Å². The van der Waals surface area contributed by atoms with E-state index < -0.39 is 12.0 Å². The summed E-state index contributed by atoms with van der Waals surface area (Å²) in [4.78, 5) is 56.8. The SMILES string of the molecule is CSCC[C@H](N)C(=O)Cc1nc(-c2ccccc2)cs1.CSCC[C@H](NC(=O)c1ccc(N)cc1)C(=O)Cc1nc(-c2ccccc2)cs1.Nc1ccc(C(=O)O)cc1. The van der Waals surface area contributed by atoms with Gasteiger partial charge in [-0.25, -0.2) is 14.8 Å². The number of nitrogens with one attached hydrogen (secondary N) is 1. The number of hydrogen-bond acceptors (Lipinski definition) is 13. The van der Waals surface area contributed by atoms with Gasteiger partial charge in [-0.1, -0.05) is 60.7 Å². The second-order valence-electron chi connectivity index (χ2n) is 13.0. The zero-order valence-corrected chi connectivity index (χ0v) is 36.1. The number of Topliss-reactive ketones (excluding diaryl/α,β-unsaturated/α-hetero) is 2. The van der Waals surface area contributed by atoms with Gasteiger partial charge in [0.2, 0.25) is 0 Å². The van der Waals surface area contributed by atoms with Crippen LogP contribution < -0.4 is 22.5 Å². The Hall–Kier alpha value is -5.32. The van der Waals surface area contributed by atoms with Crippen LogP contribution in [0.3, 0.4) is 0 Å². The second kappa shape index (κ2) is 24.6. The molecule has 15 heteroatoms. The third-order valence-corrected chi connectivity index (χ3v) is 11.6. The quantitative estimate of drug-likeness (QED) is 0.0553. The van der Waals surface area contributed by atoms with Crippen molar-refractivity contribution in [1.29, 1.82) is 0 Å². The average molecular weight is 869 g/mol. The molecule has 6 rings (SSSR count). The van der Waals surface area contributed by atoms with Crippen LogP contribution in [0.2, 0.25) is 0 Å². The number of aromatic nitrogens is 2. The van der Waals surface area contributed by atoms with Gasteiger partial charge in [-0.3, -0.25) is 14.4 Å². The topological polar surface area (TPSA) is 204 Å². The number of ketones is 2. The highest BCUT2D eigenvalue weighted by atomic mass is 32.2. The van der Waals surface area contributed by atoms with Crippen LogP contribution in [0.15, 0.2) is 120 Å². The first kappa shape index (κ1) is 46.4. The highest BCUT2D eigenvalue weighted by Gasteiger charge is 2.23. The molecular weight excluding hydrogens is 821 g/mol. The predicted octanol–water partition coefficient (Wildman–Crippen LogP) is 8.02. The number of nitrogens with two attached hydrogens (primary N) is 3. The molecule has 0 unspecified atom stereocenters. The Kier molecular flexibility index (Phi) is 19.3. The smallest absolute Gasteiger partial charge is 0.335 e. The number of thioether (sulfide) groups is 2. The molecule has 8 N–H and O–H groups in total. The molecule has 0 spiro atoms. The predicted molar refractivity (Wildman–Crippen MR) is 246 cm³/mol. The fraction of sp³-hybridized carbons (Fsp3) is 0.227. The molecule has 0 aliphatic rings. The number of aromatic carboxylic acids is 1. The van der Waals surface area contributed by atoms with Crippen molar-refractivity contribution in [2.75, 3.05) is 35.5 Å². The second-order valence-corrected chi connectivity index (χ2v) is 16.9. The number of carboxylic acids is 1. The Labute approximate surface area is 361 Å². The van der Waals surface area contributed by atoms with Crippen molar-refractivity contribution >= 4 is 81.0 Å². The van der Waals surface area contributed by atoms with Gasteiger partial charge >= 0.3 is 5.97 Å². The monoisotopic (exact) mass is 868 g/mol. The van der Waals surface area contributed by atoms with Gasteiger partial charge in [0.05, 0.1) is 41.9 Å². The van der Waals surface area contributed by atoms with Gasteiger partial charge in [0, 0.05) is 38.8 Å². The minimum absolute atomic E-state index is 0.0307. The number of anilines is 2. The zero-order chi connectivity index (χ0) is 42.6. The largest absolute Gasteiger partial charge is 0.478 e. The first-order chi connectivity index (χ1) is 28.5. The molecule has 2 aromatic heterocycles. The number of hydrogen-bond donors (Lipinski definition) is 5. The first-order valence-electron chi connectivity index (χ1n) is 18.5. The molecule has 6 aromatic rings. The zero-order valence-electron chi connectivity index (χ0n) is 32.8. The third-order valence-electron chi connectivity index (χ3n) is 8.58. The van der Waals surface area contributed by atoms with Gasteiger partial charge < -0.3 is 27.6 Å². The molecule has 4 aromatic carbocycles. The van der Waals surface area contributed by atoms with E-state index in [0.717, 1.165) is 50.5 Å². The summed E-state index contributed by atoms with van der Waals surface area (Å²) in [5.41, 5.74) is 22.7. The summed E-state index contributed by atoms with van der Waals surface area (Å²) in [6, 6.07) is 31.7. The number of carboxylic acid groups (broad SMARTS) is 1. The van der Waals surface area contributed by atoms with Crippen LogP contribution in [0.25, 0.3) is 22.5 Å². The average Bonchev–Trinajstić information content (AvgIpc) is 3.93. The van der Waals surface area contributed by atoms with E-state index in [1.165, 1.54) is 34.8 Å². The Morgan fingerprint density at radius 2 is 1.08 bits per heavy atom. The lowest BCUT2D eigenvalue weighted by Crippen LogP contribution is -2.42. The summed E-state index contributed by atoms with van der Waals surface area (Å²) in [5, 5.41) is 16.9. The number of benzene rings is 4. The van der Waals surface area contributed by atoms with Crippen LogP contribution in [0, 0.1) is 0 Å². The lowest BCUT2D eigenvalue weighted by atomic mass is 10.1. The van der Waals surface area contributed by atoms with Crippen molar-refractivity contribution in [2.45, 2.75) is 37.8 Å². The summed E-state index contributed by atoms with van der Waals surface area (Å²) in [6.07, 6.45) is 5.86. The lowest BCUT2D eigenvalue weighted by Gasteiger charge is -2.17. The normalized spacial score (nSPS) is 11.5. The van der Waals surface area contributed by atoms with Crippen molar-refractivity contribution in [3.63, 3.8) is 0 Å². The molecule has 308 valence electrons. The van der Waals surface area contributed by atoms with Gasteiger partial charge in [-0.2, -0.15) is 23.5 Å². The molecule has 59 heavy (non-hydrogen) atoms. The Morgan fingerprint density at radius 3 is 1.54 bits per heavy atom. The fourth-order valence-corrected chi connectivity index (χ4v) is 7.86. The third kappa shape index (κ3) is 15.8. The van der Waals surface area contributed by atoms with E-state index in [1.54, 1.807) is 59.9 Å². The van der Waals surface area contributed by atoms with Crippen LogP contribution in [0.1, 0.15) is 43.6 Å². The Bertz CT molecular complexity index is 2220. The van der Waals surface area contributed by atoms with Crippen molar-refractivity contribution in [3.05, 3.63) is 141 Å². The van der Waals surface area contributed by atoms with Gasteiger partial charge in [-0.15, -0.1) is 22.7 Å². The van der Waals surface area contributed by atoms with E-state index in [9.17, 15) is 19.2 Å². The number of carbonyl (C=O) groups is 4. The number of nitrogen functional groups attached to an aromatic ring is 2. The fourth-order valence-electron chi connectivity index (χ4n) is 5.28. The summed E-state index contributed by atoms with van der Waals surface area (Å²) in [5.74, 6) is 0.546. The van der Waals surface area contributed by atoms with Crippen LogP contribution in [-0.4, -0.2) is 74.6 Å². The minimum Gasteiger partial charge on any atom is -0.478 e. The number of amides is 1. The molecular formula is C44H48N6O5S4. The van der Waals surface area contributed by atoms with Crippen molar-refractivity contribution in [2.24, 2.45) is 5.73 Å². The number of thiazole rings is 2. The maximum atomic E-state index is 12.9. The summed E-state index contributed by atoms with van der Waals surface area (Å²) in [6.45, 7) is 0. The number of nitrogens with zero attached hydrogens (tertiary/aromatic N) is 2. The molecule has 0 radical (unpaired) electrons. The van der Waals surface area contributed by atoms with Gasteiger partial charge in [0.15, 0.2) is 11.6 Å². The number of carbonyl (C=O) groups excluding carboxylic acids is 3. The molecule has 0 saturated carbocycles. The maximum absolute atomic E-state index is 12.9. The van der Waals surface area contributed by atoms with Crippen LogP contribution >= 0.6 is 46.2 Å². The molecule has 0 aliphatic carbocycles. The molecule has 0 saturated heterocycles. The first-order valence-corrected chi connectivity index (χ1v) is 23.1. The summed E-state index contributed by atoms with van der Waals surface area (Å²) >= 11 is 6.34. The molecule has 2 atom stereocenters. The highest BCUT2D eigenvalue weighted by molar-refractivity contribution is 7.98. The molecule has 1 amide bonds. The molecule has 11 nitrogen and oxygen atoms in total. The van der Waals surface area contributed by atoms with Crippen molar-refractivity contribution in [1.82, 2.24) is 15.3 Å². The van der Waals surface area contributed by atoms with E-state index in [-0.39, 0.29) is 35.5 Å². The summed E-state index contributed by atoms with van der Waals surface area (Å²) in [7, 11) is 0. The van der Waals surface area contributed by atoms with E-state index in [2.05, 4.69) is 15.3 Å². The van der Waals surface area contributed by atoms with Crippen LogP contribution in [0.4, 0.5) is 11.4 Å². The Balaban J connectivity index is 0.000000220. The summed E-state index contributed by atoms with van der Waals surface area (Å²) < 4.78 is 0. The van der Waals surface area contributed by atoms with Gasteiger partial charge in [-0.05, 0) is 85.4 Å². The van der Waals surface area contributed by atoms with Gasteiger partial charge in [0.25, 0.3) is 5.91 Å². The Morgan fingerprint density at radius 1 is 0.644 bits per heavy atom. The molecule has 2 heterocycles. The van der Waals surface area contributed by atoms with Crippen LogP contribution in [-0.2, 0) is 22.4 Å². The number of rotatable bonds is 17. The van der Waals surface area contributed by atoms with E-state index >= 15 is 0 Å². The van der Waals surface area contributed by atoms with Crippen molar-refractivity contribution < 1.29 is 24.3 Å². The maximum Gasteiger partial charge on any atom is 0.335 e. The van der Waals surface area contributed by atoms with E-state index in [4.69, 9.17) is 22.3 Å². The molecule has 0 bridgehead atoms. The standard InChI is InChI=1S/C22H23N3O2S2.C15H18N2OS2.C7H7NO2/c1-28-12-11-18(25-22(27)16-7-9-17(23)10-8-16)20(26)13-21-24-19(14-29-21)15-5-3-2-4-6-15;1-19-8-7-12(16)14(18)9-15-17-13(10-20-15)11-5-3-2-4-6-11;8-6-3-1-5(2-4-6)7(9)10/h2-10,14,18H,11-13,23H2,1H3,(H,25,27);2-6,10,12H,7-9,16H2,1H3;1-4H,8H2,(H,9,10)/t18-;12-;/m00./s1.